The predicted octanol–water partition coefficient (Wildman–Crippen LogP) is 2.22. The van der Waals surface area contributed by atoms with Gasteiger partial charge in [0.1, 0.15) is 0 Å². The van der Waals surface area contributed by atoms with Crippen molar-refractivity contribution in [1.29, 1.82) is 0 Å². The van der Waals surface area contributed by atoms with Gasteiger partial charge in [-0.2, -0.15) is 0 Å². The molecule has 0 aromatic heterocycles. The summed E-state index contributed by atoms with van der Waals surface area (Å²) in [6, 6.07) is 4.89. The number of likely N-dealkylation sites (tertiary alicyclic amines) is 1. The summed E-state index contributed by atoms with van der Waals surface area (Å²) >= 11 is 0. The number of urea groups is 1. The third kappa shape index (κ3) is 4.71. The lowest BCUT2D eigenvalue weighted by Gasteiger charge is -2.19. The Hall–Kier alpha value is -2.57. The zero-order valence-corrected chi connectivity index (χ0v) is 13.8. The molecule has 24 heavy (non-hydrogen) atoms. The minimum Gasteiger partial charge on any atom is -0.481 e. The molecule has 1 aromatic rings. The standard InChI is InChI=1S/C17H23N3O4/c1-12-6-4-7-13(15(12)16(23)20-10-2-3-11-20)19-17(24)18-9-5-8-14(21)22/h4,6-7H,2-3,5,8-11H2,1H3,(H,21,22)(H2,18,19,24). The molecule has 0 aliphatic carbocycles. The van der Waals surface area contributed by atoms with Crippen LogP contribution in [0.3, 0.4) is 0 Å². The highest BCUT2D eigenvalue weighted by atomic mass is 16.4. The minimum absolute atomic E-state index is 0.00339. The molecule has 1 aromatic carbocycles. The number of anilines is 1. The van der Waals surface area contributed by atoms with Gasteiger partial charge in [0.15, 0.2) is 0 Å². The monoisotopic (exact) mass is 333 g/mol. The normalized spacial score (nSPS) is 13.6. The molecule has 0 spiro atoms. The highest BCUT2D eigenvalue weighted by molar-refractivity contribution is 6.04. The Morgan fingerprint density at radius 3 is 2.58 bits per heavy atom. The lowest BCUT2D eigenvalue weighted by atomic mass is 10.1. The Morgan fingerprint density at radius 2 is 1.92 bits per heavy atom. The van der Waals surface area contributed by atoms with Gasteiger partial charge >= 0.3 is 12.0 Å². The van der Waals surface area contributed by atoms with Crippen molar-refractivity contribution >= 4 is 23.6 Å². The van der Waals surface area contributed by atoms with Crippen LogP contribution >= 0.6 is 0 Å². The molecule has 3 amide bonds. The summed E-state index contributed by atoms with van der Waals surface area (Å²) < 4.78 is 0. The summed E-state index contributed by atoms with van der Waals surface area (Å²) in [4.78, 5) is 36.9. The van der Waals surface area contributed by atoms with Crippen molar-refractivity contribution in [3.05, 3.63) is 29.3 Å². The average molecular weight is 333 g/mol. The molecule has 1 saturated heterocycles. The summed E-state index contributed by atoms with van der Waals surface area (Å²) in [5.74, 6) is -0.957. The van der Waals surface area contributed by atoms with Gasteiger partial charge in [-0.25, -0.2) is 4.79 Å². The number of nitrogens with one attached hydrogen (secondary N) is 2. The first-order valence-corrected chi connectivity index (χ1v) is 8.14. The van der Waals surface area contributed by atoms with Crippen LogP contribution in [-0.4, -0.2) is 47.5 Å². The van der Waals surface area contributed by atoms with Gasteiger partial charge in [-0.15, -0.1) is 0 Å². The molecule has 7 nitrogen and oxygen atoms in total. The maximum Gasteiger partial charge on any atom is 0.319 e. The average Bonchev–Trinajstić information content (AvgIpc) is 3.05. The summed E-state index contributed by atoms with van der Waals surface area (Å²) in [6.45, 7) is 3.60. The Labute approximate surface area is 141 Å². The largest absolute Gasteiger partial charge is 0.481 e. The van der Waals surface area contributed by atoms with Crippen molar-refractivity contribution in [3.63, 3.8) is 0 Å². The van der Waals surface area contributed by atoms with Gasteiger partial charge in [-0.3, -0.25) is 9.59 Å². The molecule has 1 aliphatic heterocycles. The van der Waals surface area contributed by atoms with Crippen molar-refractivity contribution in [1.82, 2.24) is 10.2 Å². The molecular weight excluding hydrogens is 310 g/mol. The Bertz CT molecular complexity index is 624. The number of carboxylic acids is 1. The van der Waals surface area contributed by atoms with E-state index >= 15 is 0 Å². The highest BCUT2D eigenvalue weighted by Gasteiger charge is 2.23. The summed E-state index contributed by atoms with van der Waals surface area (Å²) in [5, 5.41) is 13.9. The molecule has 0 bridgehead atoms. The number of amides is 3. The van der Waals surface area contributed by atoms with E-state index in [4.69, 9.17) is 5.11 Å². The summed E-state index contributed by atoms with van der Waals surface area (Å²) in [5.41, 5.74) is 1.80. The van der Waals surface area contributed by atoms with Crippen LogP contribution < -0.4 is 10.6 Å². The van der Waals surface area contributed by atoms with Gasteiger partial charge in [-0.1, -0.05) is 12.1 Å². The van der Waals surface area contributed by atoms with E-state index in [0.717, 1.165) is 31.5 Å². The van der Waals surface area contributed by atoms with E-state index in [2.05, 4.69) is 10.6 Å². The minimum atomic E-state index is -0.894. The van der Waals surface area contributed by atoms with Crippen LogP contribution in [0.25, 0.3) is 0 Å². The Kier molecular flexibility index (Phi) is 6.17. The van der Waals surface area contributed by atoms with Crippen LogP contribution in [-0.2, 0) is 4.79 Å². The number of aryl methyl sites for hydroxylation is 1. The number of carbonyl (C=O) groups excluding carboxylic acids is 2. The van der Waals surface area contributed by atoms with Crippen LogP contribution in [0.5, 0.6) is 0 Å². The van der Waals surface area contributed by atoms with Crippen LogP contribution in [0.4, 0.5) is 10.5 Å². The van der Waals surface area contributed by atoms with E-state index in [1.165, 1.54) is 0 Å². The molecule has 0 saturated carbocycles. The molecule has 3 N–H and O–H groups in total. The molecule has 1 heterocycles. The predicted molar refractivity (Wildman–Crippen MR) is 90.2 cm³/mol. The van der Waals surface area contributed by atoms with Crippen LogP contribution in [0.2, 0.25) is 0 Å². The van der Waals surface area contributed by atoms with Crippen LogP contribution in [0.1, 0.15) is 41.6 Å². The van der Waals surface area contributed by atoms with E-state index in [1.807, 2.05) is 13.0 Å². The molecular formula is C17H23N3O4. The second-order valence-corrected chi connectivity index (χ2v) is 5.87. The third-order valence-corrected chi connectivity index (χ3v) is 3.98. The number of aliphatic carboxylic acids is 1. The van der Waals surface area contributed by atoms with E-state index in [1.54, 1.807) is 17.0 Å². The van der Waals surface area contributed by atoms with Crippen molar-refractivity contribution < 1.29 is 19.5 Å². The highest BCUT2D eigenvalue weighted by Crippen LogP contribution is 2.23. The zero-order chi connectivity index (χ0) is 17.5. The quantitative estimate of drug-likeness (QED) is 0.695. The number of carboxylic acid groups (broad SMARTS) is 1. The maximum absolute atomic E-state index is 12.7. The topological polar surface area (TPSA) is 98.7 Å². The molecule has 0 unspecified atom stereocenters. The zero-order valence-electron chi connectivity index (χ0n) is 13.8. The van der Waals surface area contributed by atoms with Crippen molar-refractivity contribution in [2.45, 2.75) is 32.6 Å². The van der Waals surface area contributed by atoms with E-state index in [-0.39, 0.29) is 18.9 Å². The lowest BCUT2D eigenvalue weighted by Crippen LogP contribution is -2.33. The fourth-order valence-corrected chi connectivity index (χ4v) is 2.74. The molecule has 0 radical (unpaired) electrons. The molecule has 7 heteroatoms. The summed E-state index contributed by atoms with van der Waals surface area (Å²) in [7, 11) is 0. The maximum atomic E-state index is 12.7. The number of benzene rings is 1. The first kappa shape index (κ1) is 17.8. The number of rotatable bonds is 6. The van der Waals surface area contributed by atoms with E-state index < -0.39 is 12.0 Å². The lowest BCUT2D eigenvalue weighted by molar-refractivity contribution is -0.137. The van der Waals surface area contributed by atoms with Crippen molar-refractivity contribution in [2.75, 3.05) is 25.0 Å². The Morgan fingerprint density at radius 1 is 1.21 bits per heavy atom. The molecule has 2 rings (SSSR count). The van der Waals surface area contributed by atoms with E-state index in [0.29, 0.717) is 17.7 Å². The second kappa shape index (κ2) is 8.33. The number of carbonyl (C=O) groups is 3. The van der Waals surface area contributed by atoms with Crippen LogP contribution in [0, 0.1) is 6.92 Å². The first-order chi connectivity index (χ1) is 11.5. The number of nitrogens with zero attached hydrogens (tertiary/aromatic N) is 1. The van der Waals surface area contributed by atoms with Gasteiger partial charge in [0, 0.05) is 26.1 Å². The van der Waals surface area contributed by atoms with Gasteiger partial charge in [0.25, 0.3) is 5.91 Å². The van der Waals surface area contributed by atoms with E-state index in [9.17, 15) is 14.4 Å². The fourth-order valence-electron chi connectivity index (χ4n) is 2.74. The number of hydrogen-bond acceptors (Lipinski definition) is 3. The smallest absolute Gasteiger partial charge is 0.319 e. The van der Waals surface area contributed by atoms with Crippen molar-refractivity contribution in [2.24, 2.45) is 0 Å². The van der Waals surface area contributed by atoms with Crippen LogP contribution in [0.15, 0.2) is 18.2 Å². The van der Waals surface area contributed by atoms with Gasteiger partial charge in [0.2, 0.25) is 0 Å². The van der Waals surface area contributed by atoms with Gasteiger partial charge in [-0.05, 0) is 37.8 Å². The SMILES string of the molecule is Cc1cccc(NC(=O)NCCCC(=O)O)c1C(=O)N1CCCC1. The first-order valence-electron chi connectivity index (χ1n) is 8.14. The molecule has 1 aliphatic rings. The molecule has 1 fully saturated rings. The molecule has 130 valence electrons. The molecule has 0 atom stereocenters. The second-order valence-electron chi connectivity index (χ2n) is 5.87. The summed E-state index contributed by atoms with van der Waals surface area (Å²) in [6.07, 6.45) is 2.37. The van der Waals surface area contributed by atoms with Gasteiger partial charge < -0.3 is 20.6 Å². The number of hydrogen-bond donors (Lipinski definition) is 3. The third-order valence-electron chi connectivity index (χ3n) is 3.98. The fraction of sp³-hybridized carbons (Fsp3) is 0.471. The Balaban J connectivity index is 2.01. The van der Waals surface area contributed by atoms with Gasteiger partial charge in [0.05, 0.1) is 11.3 Å². The van der Waals surface area contributed by atoms with Crippen molar-refractivity contribution in [3.8, 4) is 0 Å².